The third-order valence-corrected chi connectivity index (χ3v) is 7.03. The molecule has 1 atom stereocenters. The number of aromatic amines is 1. The number of imidazole rings is 1. The van der Waals surface area contributed by atoms with Gasteiger partial charge in [-0.2, -0.15) is 18.2 Å². The summed E-state index contributed by atoms with van der Waals surface area (Å²) in [6, 6.07) is 0. The van der Waals surface area contributed by atoms with Crippen molar-refractivity contribution >= 4 is 5.97 Å². The van der Waals surface area contributed by atoms with Crippen molar-refractivity contribution in [2.45, 2.75) is 63.3 Å². The van der Waals surface area contributed by atoms with Crippen LogP contribution in [-0.4, -0.2) is 32.3 Å². The Kier molecular flexibility index (Phi) is 4.65. The van der Waals surface area contributed by atoms with Crippen LogP contribution < -0.4 is 5.73 Å². The lowest BCUT2D eigenvalue weighted by atomic mass is 9.49. The Morgan fingerprint density at radius 3 is 2.42 bits per heavy atom. The Morgan fingerprint density at radius 2 is 1.87 bits per heavy atom. The van der Waals surface area contributed by atoms with E-state index in [-0.39, 0.29) is 17.7 Å². The number of ether oxygens (including phenoxy) is 1. The normalized spacial score (nSPS) is 31.5. The number of nitrogens with two attached hydrogens (primary N) is 1. The summed E-state index contributed by atoms with van der Waals surface area (Å²) in [5.74, 6) is -0.202. The summed E-state index contributed by atoms with van der Waals surface area (Å²) < 4.78 is 48.4. The van der Waals surface area contributed by atoms with Crippen molar-refractivity contribution in [2.24, 2.45) is 28.9 Å². The Bertz CT molecular complexity index is 922. The quantitative estimate of drug-likeness (QED) is 0.524. The molecule has 0 saturated heterocycles. The molecule has 4 aliphatic carbocycles. The number of hydrogen-bond donors (Lipinski definition) is 2. The maximum absolute atomic E-state index is 12.8. The van der Waals surface area contributed by atoms with Gasteiger partial charge in [-0.1, -0.05) is 5.16 Å². The number of aromatic nitrogens is 4. The van der Waals surface area contributed by atoms with Gasteiger partial charge in [-0.25, -0.2) is 9.78 Å². The molecule has 0 aliphatic heterocycles. The van der Waals surface area contributed by atoms with E-state index in [1.54, 1.807) is 0 Å². The molecule has 0 aromatic carbocycles. The third kappa shape index (κ3) is 3.95. The molecule has 3 N–H and O–H groups in total. The summed E-state index contributed by atoms with van der Waals surface area (Å²) in [7, 11) is 0. The number of H-pyrrole nitrogens is 1. The van der Waals surface area contributed by atoms with Crippen molar-refractivity contribution in [3.05, 3.63) is 29.9 Å². The standard InChI is InChI=1S/C20H24F3N5O3/c21-20(22,23)17(29)30-19(24,7-14-9-25-10-26-14)16-27-15(28-31-16)8-18-4-11-1-12(5-18)3-13(2-11)6-18/h9-13H,1-8,24H2,(H,25,26)/t11?,12?,13?,18?,19-/m0/s1. The molecule has 0 amide bonds. The molecular formula is C20H24F3N5O3. The highest BCUT2D eigenvalue weighted by Gasteiger charge is 2.52. The molecule has 8 nitrogen and oxygen atoms in total. The van der Waals surface area contributed by atoms with Gasteiger partial charge in [-0.05, 0) is 61.7 Å². The zero-order chi connectivity index (χ0) is 21.9. The summed E-state index contributed by atoms with van der Waals surface area (Å²) >= 11 is 0. The molecule has 2 aromatic heterocycles. The molecule has 4 fully saturated rings. The lowest BCUT2D eigenvalue weighted by Gasteiger charge is -2.56. The van der Waals surface area contributed by atoms with E-state index in [1.165, 1.54) is 31.8 Å². The van der Waals surface area contributed by atoms with Gasteiger partial charge in [0.1, 0.15) is 0 Å². The average molecular weight is 439 g/mol. The maximum atomic E-state index is 12.8. The van der Waals surface area contributed by atoms with Crippen molar-refractivity contribution in [1.82, 2.24) is 20.1 Å². The molecule has 0 unspecified atom stereocenters. The van der Waals surface area contributed by atoms with E-state index in [1.807, 2.05) is 0 Å². The summed E-state index contributed by atoms with van der Waals surface area (Å²) in [5.41, 5.74) is 4.21. The Morgan fingerprint density at radius 1 is 1.23 bits per heavy atom. The van der Waals surface area contributed by atoms with Crippen molar-refractivity contribution in [1.29, 1.82) is 0 Å². The molecule has 2 heterocycles. The molecule has 4 bridgehead atoms. The number of carbonyl (C=O) groups excluding carboxylic acids is 1. The van der Waals surface area contributed by atoms with Gasteiger partial charge in [-0.3, -0.25) is 5.73 Å². The van der Waals surface area contributed by atoms with Crippen LogP contribution in [0.25, 0.3) is 0 Å². The highest BCUT2D eigenvalue weighted by atomic mass is 19.4. The van der Waals surface area contributed by atoms with Gasteiger partial charge in [0.15, 0.2) is 5.82 Å². The smallest absolute Gasteiger partial charge is 0.427 e. The molecule has 11 heteroatoms. The van der Waals surface area contributed by atoms with Crippen LogP contribution in [0.15, 0.2) is 17.0 Å². The van der Waals surface area contributed by atoms with Gasteiger partial charge in [0.2, 0.25) is 5.72 Å². The second kappa shape index (κ2) is 7.04. The fourth-order valence-corrected chi connectivity index (χ4v) is 6.37. The number of rotatable bonds is 6. The predicted molar refractivity (Wildman–Crippen MR) is 98.9 cm³/mol. The molecule has 0 radical (unpaired) electrons. The van der Waals surface area contributed by atoms with Crippen LogP contribution >= 0.6 is 0 Å². The van der Waals surface area contributed by atoms with Crippen LogP contribution in [0.5, 0.6) is 0 Å². The van der Waals surface area contributed by atoms with Crippen LogP contribution in [0.2, 0.25) is 0 Å². The first-order chi connectivity index (χ1) is 14.6. The zero-order valence-electron chi connectivity index (χ0n) is 16.8. The molecule has 0 spiro atoms. The lowest BCUT2D eigenvalue weighted by molar-refractivity contribution is -0.217. The highest BCUT2D eigenvalue weighted by Crippen LogP contribution is 2.60. The molecule has 31 heavy (non-hydrogen) atoms. The average Bonchev–Trinajstić information content (AvgIpc) is 3.31. The first kappa shape index (κ1) is 20.5. The fraction of sp³-hybridized carbons (Fsp3) is 0.700. The van der Waals surface area contributed by atoms with Crippen LogP contribution in [0.4, 0.5) is 13.2 Å². The van der Waals surface area contributed by atoms with Crippen molar-refractivity contribution in [3.63, 3.8) is 0 Å². The molecule has 4 saturated carbocycles. The number of carbonyl (C=O) groups is 1. The van der Waals surface area contributed by atoms with E-state index in [0.29, 0.717) is 17.9 Å². The van der Waals surface area contributed by atoms with Gasteiger partial charge in [-0.15, -0.1) is 0 Å². The first-order valence-corrected chi connectivity index (χ1v) is 10.5. The van der Waals surface area contributed by atoms with Crippen molar-refractivity contribution in [3.8, 4) is 0 Å². The van der Waals surface area contributed by atoms with Gasteiger partial charge >= 0.3 is 12.1 Å². The summed E-state index contributed by atoms with van der Waals surface area (Å²) in [6.45, 7) is 0. The molecule has 6 rings (SSSR count). The number of esters is 1. The van der Waals surface area contributed by atoms with Gasteiger partial charge in [0.25, 0.3) is 5.89 Å². The van der Waals surface area contributed by atoms with Crippen molar-refractivity contribution in [2.75, 3.05) is 0 Å². The zero-order valence-corrected chi connectivity index (χ0v) is 16.8. The Labute approximate surface area is 176 Å². The number of nitrogens with one attached hydrogen (secondary N) is 1. The van der Waals surface area contributed by atoms with E-state index in [0.717, 1.165) is 37.0 Å². The second-order valence-electron chi connectivity index (χ2n) is 9.62. The van der Waals surface area contributed by atoms with Crippen LogP contribution in [0.3, 0.4) is 0 Å². The predicted octanol–water partition coefficient (Wildman–Crippen LogP) is 3.01. The van der Waals surface area contributed by atoms with Crippen LogP contribution in [0.1, 0.15) is 55.9 Å². The lowest BCUT2D eigenvalue weighted by Crippen LogP contribution is -2.47. The summed E-state index contributed by atoms with van der Waals surface area (Å²) in [5, 5.41) is 3.99. The number of nitrogens with zero attached hydrogens (tertiary/aromatic N) is 3. The maximum Gasteiger partial charge on any atom is 0.491 e. The fourth-order valence-electron chi connectivity index (χ4n) is 6.37. The largest absolute Gasteiger partial charge is 0.491 e. The van der Waals surface area contributed by atoms with E-state index in [4.69, 9.17) is 10.3 Å². The van der Waals surface area contributed by atoms with Gasteiger partial charge < -0.3 is 14.2 Å². The van der Waals surface area contributed by atoms with E-state index in [2.05, 4.69) is 24.8 Å². The minimum atomic E-state index is -5.21. The van der Waals surface area contributed by atoms with Crippen molar-refractivity contribution < 1.29 is 27.2 Å². The molecule has 2 aromatic rings. The van der Waals surface area contributed by atoms with Gasteiger partial charge in [0.05, 0.1) is 18.4 Å². The number of halogens is 3. The second-order valence-corrected chi connectivity index (χ2v) is 9.62. The minimum Gasteiger partial charge on any atom is -0.427 e. The monoisotopic (exact) mass is 439 g/mol. The van der Waals surface area contributed by atoms with E-state index >= 15 is 0 Å². The highest BCUT2D eigenvalue weighted by molar-refractivity contribution is 5.76. The Balaban J connectivity index is 1.38. The first-order valence-electron chi connectivity index (χ1n) is 10.5. The van der Waals surface area contributed by atoms with E-state index in [9.17, 15) is 18.0 Å². The van der Waals surface area contributed by atoms with Gasteiger partial charge in [0, 0.05) is 12.6 Å². The van der Waals surface area contributed by atoms with Crippen LogP contribution in [-0.2, 0) is 28.1 Å². The molecular weight excluding hydrogens is 415 g/mol. The summed E-state index contributed by atoms with van der Waals surface area (Å²) in [4.78, 5) is 22.5. The topological polar surface area (TPSA) is 120 Å². The molecule has 168 valence electrons. The van der Waals surface area contributed by atoms with E-state index < -0.39 is 17.9 Å². The Hall–Kier alpha value is -2.43. The minimum absolute atomic E-state index is 0.109. The number of hydrogen-bond acceptors (Lipinski definition) is 7. The third-order valence-electron chi connectivity index (χ3n) is 7.03. The molecule has 4 aliphatic rings. The SMILES string of the molecule is N[C@@](Cc1c[nH]cn1)(OC(=O)C(F)(F)F)c1nc(CC23CC4CC(CC(C4)C2)C3)no1. The number of alkyl halides is 3. The summed E-state index contributed by atoms with van der Waals surface area (Å²) in [6.07, 6.45) is 5.04. The van der Waals surface area contributed by atoms with Crippen LogP contribution in [0, 0.1) is 23.2 Å².